The Hall–Kier alpha value is -0.900. The summed E-state index contributed by atoms with van der Waals surface area (Å²) in [4.78, 5) is 20.9. The number of aliphatic hydroxyl groups is 1. The van der Waals surface area contributed by atoms with Gasteiger partial charge < -0.3 is 14.6 Å². The van der Waals surface area contributed by atoms with Crippen molar-refractivity contribution >= 4 is 11.8 Å². The first-order chi connectivity index (χ1) is 6.93. The summed E-state index contributed by atoms with van der Waals surface area (Å²) in [7, 11) is 0. The van der Waals surface area contributed by atoms with Gasteiger partial charge in [0.15, 0.2) is 0 Å². The van der Waals surface area contributed by atoms with Crippen LogP contribution in [-0.4, -0.2) is 29.6 Å². The van der Waals surface area contributed by atoms with E-state index in [4.69, 9.17) is 5.11 Å². The maximum absolute atomic E-state index is 10.6. The summed E-state index contributed by atoms with van der Waals surface area (Å²) >= 11 is 0. The molecule has 0 aromatic carbocycles. The highest BCUT2D eigenvalue weighted by Crippen LogP contribution is 1.92. The number of carbonyl (C=O) groups excluding carboxylic acids is 2. The van der Waals surface area contributed by atoms with Crippen molar-refractivity contribution in [3.05, 3.63) is 0 Å². The summed E-state index contributed by atoms with van der Waals surface area (Å²) in [6, 6.07) is 0. The molecule has 0 aromatic rings. The lowest BCUT2D eigenvalue weighted by atomic mass is 10.2. The summed E-state index contributed by atoms with van der Waals surface area (Å²) in [5.41, 5.74) is 0. The highest BCUT2D eigenvalue weighted by Gasteiger charge is 2.02. The number of hydrogen-bond acceptors (Lipinski definition) is 4. The summed E-state index contributed by atoms with van der Waals surface area (Å²) in [5, 5.41) is 8.36. The number of Topliss-reactive ketones (excluding diaryl/α,β-unsaturated/α-hetero) is 1. The van der Waals surface area contributed by atoms with Crippen LogP contribution in [0.1, 0.15) is 47.0 Å². The summed E-state index contributed by atoms with van der Waals surface area (Å²) in [5.74, 6) is -0.272. The van der Waals surface area contributed by atoms with E-state index in [2.05, 4.69) is 4.74 Å². The Morgan fingerprint density at radius 2 is 1.73 bits per heavy atom. The first-order valence-electron chi connectivity index (χ1n) is 5.27. The van der Waals surface area contributed by atoms with E-state index >= 15 is 0 Å². The number of rotatable bonds is 5. The van der Waals surface area contributed by atoms with E-state index in [1.54, 1.807) is 13.8 Å². The van der Waals surface area contributed by atoms with Gasteiger partial charge in [-0.05, 0) is 27.2 Å². The van der Waals surface area contributed by atoms with E-state index < -0.39 is 0 Å². The highest BCUT2D eigenvalue weighted by atomic mass is 16.5. The molecule has 0 bridgehead atoms. The Balaban J connectivity index is 0. The normalized spacial score (nSPS) is 11.0. The number of hydrogen-bond donors (Lipinski definition) is 1. The largest absolute Gasteiger partial charge is 0.466 e. The van der Waals surface area contributed by atoms with E-state index in [1.165, 1.54) is 6.92 Å². The third-order valence-electron chi connectivity index (χ3n) is 1.58. The lowest BCUT2D eigenvalue weighted by Gasteiger charge is -1.97. The van der Waals surface area contributed by atoms with Crippen molar-refractivity contribution in [3.8, 4) is 0 Å². The van der Waals surface area contributed by atoms with E-state index in [9.17, 15) is 9.59 Å². The van der Waals surface area contributed by atoms with Crippen LogP contribution in [-0.2, 0) is 14.3 Å². The van der Waals surface area contributed by atoms with Crippen LogP contribution in [0, 0.1) is 0 Å². The fourth-order valence-electron chi connectivity index (χ4n) is 0.511. The molecular weight excluding hydrogens is 196 g/mol. The van der Waals surface area contributed by atoms with Crippen molar-refractivity contribution in [2.75, 3.05) is 6.61 Å². The Kier molecular flexibility index (Phi) is 12.3. The van der Waals surface area contributed by atoms with E-state index in [-0.39, 0.29) is 24.3 Å². The van der Waals surface area contributed by atoms with Crippen LogP contribution in [0.15, 0.2) is 0 Å². The molecule has 1 N–H and O–H groups in total. The third kappa shape index (κ3) is 19.5. The van der Waals surface area contributed by atoms with Crippen molar-refractivity contribution < 1.29 is 19.4 Å². The van der Waals surface area contributed by atoms with Crippen LogP contribution in [0.25, 0.3) is 0 Å². The summed E-state index contributed by atoms with van der Waals surface area (Å²) in [6.07, 6.45) is 1.25. The number of ketones is 1. The molecule has 15 heavy (non-hydrogen) atoms. The van der Waals surface area contributed by atoms with Gasteiger partial charge in [-0.3, -0.25) is 4.79 Å². The van der Waals surface area contributed by atoms with Gasteiger partial charge in [-0.15, -0.1) is 0 Å². The zero-order valence-electron chi connectivity index (χ0n) is 10.1. The van der Waals surface area contributed by atoms with Crippen molar-refractivity contribution in [3.63, 3.8) is 0 Å². The molecule has 0 radical (unpaired) electrons. The number of aliphatic hydroxyl groups excluding tert-OH is 1. The molecule has 0 aliphatic rings. The summed E-state index contributed by atoms with van der Waals surface area (Å²) < 4.78 is 4.60. The fourth-order valence-corrected chi connectivity index (χ4v) is 0.511. The first kappa shape index (κ1) is 16.5. The maximum atomic E-state index is 10.6. The smallest absolute Gasteiger partial charge is 0.306 e. The molecule has 0 aromatic heterocycles. The standard InChI is InChI=1S/C7H12O3.C4H10O/c1-3-10-7(9)5-4-6(2)8;1-3-4(2)5/h3-5H2,1-2H3;4-5H,3H2,1-2H3. The molecule has 0 amide bonds. The minimum absolute atomic E-state index is 0.0213. The SMILES string of the molecule is CCC(C)O.CCOC(=O)CCC(C)=O. The minimum atomic E-state index is -0.294. The van der Waals surface area contributed by atoms with Crippen molar-refractivity contribution in [2.45, 2.75) is 53.1 Å². The van der Waals surface area contributed by atoms with Gasteiger partial charge in [0.1, 0.15) is 5.78 Å². The molecule has 90 valence electrons. The zero-order chi connectivity index (χ0) is 12.3. The second kappa shape index (κ2) is 11.2. The van der Waals surface area contributed by atoms with Gasteiger partial charge >= 0.3 is 5.97 Å². The Morgan fingerprint density at radius 1 is 1.27 bits per heavy atom. The first-order valence-corrected chi connectivity index (χ1v) is 5.27. The molecule has 1 atom stereocenters. The fraction of sp³-hybridized carbons (Fsp3) is 0.818. The van der Waals surface area contributed by atoms with Gasteiger partial charge in [0.2, 0.25) is 0 Å². The lowest BCUT2D eigenvalue weighted by Crippen LogP contribution is -2.05. The lowest BCUT2D eigenvalue weighted by molar-refractivity contribution is -0.144. The molecule has 0 rings (SSSR count). The molecule has 0 fully saturated rings. The second-order valence-corrected chi connectivity index (χ2v) is 3.26. The maximum Gasteiger partial charge on any atom is 0.306 e. The van der Waals surface area contributed by atoms with Crippen molar-refractivity contribution in [1.29, 1.82) is 0 Å². The molecule has 0 aliphatic carbocycles. The van der Waals surface area contributed by atoms with Gasteiger partial charge in [0.05, 0.1) is 19.1 Å². The van der Waals surface area contributed by atoms with Crippen LogP contribution in [0.2, 0.25) is 0 Å². The average molecular weight is 218 g/mol. The molecule has 1 unspecified atom stereocenters. The number of carbonyl (C=O) groups is 2. The molecular formula is C11H22O4. The Bertz CT molecular complexity index is 175. The van der Waals surface area contributed by atoms with Gasteiger partial charge in [-0.25, -0.2) is 0 Å². The van der Waals surface area contributed by atoms with Crippen LogP contribution in [0.4, 0.5) is 0 Å². The van der Waals surface area contributed by atoms with Crippen LogP contribution >= 0.6 is 0 Å². The minimum Gasteiger partial charge on any atom is -0.466 e. The second-order valence-electron chi connectivity index (χ2n) is 3.26. The molecule has 0 aliphatic heterocycles. The predicted octanol–water partition coefficient (Wildman–Crippen LogP) is 1.70. The van der Waals surface area contributed by atoms with Crippen LogP contribution in [0.3, 0.4) is 0 Å². The highest BCUT2D eigenvalue weighted by molar-refractivity contribution is 5.80. The molecule has 4 heteroatoms. The molecule has 0 heterocycles. The third-order valence-corrected chi connectivity index (χ3v) is 1.58. The Morgan fingerprint density at radius 3 is 2.00 bits per heavy atom. The topological polar surface area (TPSA) is 63.6 Å². The summed E-state index contributed by atoms with van der Waals surface area (Å²) in [6.45, 7) is 7.31. The Labute approximate surface area is 91.6 Å². The predicted molar refractivity (Wildman–Crippen MR) is 58.5 cm³/mol. The van der Waals surface area contributed by atoms with Crippen LogP contribution < -0.4 is 0 Å². The van der Waals surface area contributed by atoms with Gasteiger partial charge in [-0.1, -0.05) is 6.92 Å². The van der Waals surface area contributed by atoms with Crippen LogP contribution in [0.5, 0.6) is 0 Å². The van der Waals surface area contributed by atoms with Crippen molar-refractivity contribution in [1.82, 2.24) is 0 Å². The number of ether oxygens (including phenoxy) is 1. The zero-order valence-corrected chi connectivity index (χ0v) is 10.1. The molecule has 0 saturated carbocycles. The average Bonchev–Trinajstić information content (AvgIpc) is 2.16. The van der Waals surface area contributed by atoms with E-state index in [1.807, 2.05) is 6.92 Å². The van der Waals surface area contributed by atoms with Crippen molar-refractivity contribution in [2.24, 2.45) is 0 Å². The molecule has 4 nitrogen and oxygen atoms in total. The van der Waals surface area contributed by atoms with Gasteiger partial charge in [-0.2, -0.15) is 0 Å². The number of esters is 1. The van der Waals surface area contributed by atoms with E-state index in [0.29, 0.717) is 13.0 Å². The molecule has 0 saturated heterocycles. The quantitative estimate of drug-likeness (QED) is 0.713. The van der Waals surface area contributed by atoms with Gasteiger partial charge in [0.25, 0.3) is 0 Å². The van der Waals surface area contributed by atoms with Gasteiger partial charge in [0, 0.05) is 6.42 Å². The molecule has 0 spiro atoms. The monoisotopic (exact) mass is 218 g/mol. The van der Waals surface area contributed by atoms with E-state index in [0.717, 1.165) is 6.42 Å².